The maximum Gasteiger partial charge on any atom is 0.241 e. The molecule has 2 aromatic heterocycles. The number of nitrogens with zero attached hydrogens (tertiary/aromatic N) is 1. The van der Waals surface area contributed by atoms with Crippen molar-refractivity contribution in [3.8, 4) is 0 Å². The lowest BCUT2D eigenvalue weighted by atomic mass is 10.1. The Labute approximate surface area is 208 Å². The molecule has 3 N–H and O–H groups in total. The maximum absolute atomic E-state index is 13.6. The Morgan fingerprint density at radius 1 is 0.778 bits per heavy atom. The van der Waals surface area contributed by atoms with E-state index >= 15 is 0 Å². The summed E-state index contributed by atoms with van der Waals surface area (Å²) in [7, 11) is -3.91. The number of hydrogen-bond donors (Lipinski definition) is 3. The number of nitrogens with one attached hydrogen (secondary N) is 3. The molecule has 186 valence electrons. The van der Waals surface area contributed by atoms with Crippen LogP contribution >= 0.6 is 0 Å². The van der Waals surface area contributed by atoms with Gasteiger partial charge in [-0.05, 0) is 62.5 Å². The highest BCUT2D eigenvalue weighted by Crippen LogP contribution is 2.24. The smallest absolute Gasteiger partial charge is 0.241 e. The van der Waals surface area contributed by atoms with Gasteiger partial charge >= 0.3 is 0 Å². The third kappa shape index (κ3) is 4.19. The topological polar surface area (TPSA) is 115 Å². The third-order valence-corrected chi connectivity index (χ3v) is 8.24. The van der Waals surface area contributed by atoms with E-state index in [2.05, 4.69) is 33.4 Å². The highest BCUT2D eigenvalue weighted by atomic mass is 32.2. The minimum atomic E-state index is -3.91. The number of hydrogen-bond acceptors (Lipinski definition) is 5. The zero-order valence-electron chi connectivity index (χ0n) is 20.2. The van der Waals surface area contributed by atoms with E-state index in [-0.39, 0.29) is 22.3 Å². The molecule has 0 radical (unpaired) electrons. The molecule has 5 aromatic rings. The largest absolute Gasteiger partial charge is 0.354 e. The van der Waals surface area contributed by atoms with Crippen molar-refractivity contribution >= 4 is 53.6 Å². The molecule has 0 saturated carbocycles. The number of sulfonamides is 1. The van der Waals surface area contributed by atoms with Gasteiger partial charge in [0.15, 0.2) is 10.9 Å². The molecule has 0 aliphatic heterocycles. The molecular weight excluding hydrogens is 476 g/mol. The van der Waals surface area contributed by atoms with Gasteiger partial charge in [0.25, 0.3) is 0 Å². The molecule has 0 bridgehead atoms. The fourth-order valence-corrected chi connectivity index (χ4v) is 6.06. The van der Waals surface area contributed by atoms with E-state index in [1.807, 2.05) is 12.1 Å². The molecule has 0 aliphatic rings. The van der Waals surface area contributed by atoms with Crippen molar-refractivity contribution < 1.29 is 8.42 Å². The minimum absolute atomic E-state index is 0.0573. The summed E-state index contributed by atoms with van der Waals surface area (Å²) in [6.07, 6.45) is 0.665. The van der Waals surface area contributed by atoms with E-state index in [1.54, 1.807) is 36.4 Å². The molecule has 0 amide bonds. The number of benzene rings is 3. The van der Waals surface area contributed by atoms with Crippen LogP contribution in [0.3, 0.4) is 0 Å². The summed E-state index contributed by atoms with van der Waals surface area (Å²) in [4.78, 5) is 35.3. The molecule has 36 heavy (non-hydrogen) atoms. The van der Waals surface area contributed by atoms with E-state index in [9.17, 15) is 18.0 Å². The third-order valence-electron chi connectivity index (χ3n) is 6.74. The summed E-state index contributed by atoms with van der Waals surface area (Å²) in [5.74, 6) is 0. The zero-order chi connectivity index (χ0) is 25.4. The van der Waals surface area contributed by atoms with Crippen LogP contribution in [0.5, 0.6) is 0 Å². The van der Waals surface area contributed by atoms with E-state index in [4.69, 9.17) is 0 Å². The molecule has 0 fully saturated rings. The molecule has 0 aliphatic carbocycles. The summed E-state index contributed by atoms with van der Waals surface area (Å²) in [6, 6.07) is 15.2. The Hall–Kier alpha value is -3.53. The van der Waals surface area contributed by atoms with Crippen molar-refractivity contribution in [3.05, 3.63) is 75.0 Å². The molecular formula is C27H28N4O4S. The summed E-state index contributed by atoms with van der Waals surface area (Å²) >= 11 is 0. The first-order chi connectivity index (χ1) is 17.3. The van der Waals surface area contributed by atoms with Crippen molar-refractivity contribution in [2.24, 2.45) is 0 Å². The molecule has 0 spiro atoms. The van der Waals surface area contributed by atoms with Gasteiger partial charge in [-0.15, -0.1) is 0 Å². The van der Waals surface area contributed by atoms with Gasteiger partial charge < -0.3 is 14.9 Å². The van der Waals surface area contributed by atoms with Crippen molar-refractivity contribution in [1.29, 1.82) is 0 Å². The average Bonchev–Trinajstić information content (AvgIpc) is 2.88. The molecule has 8 nitrogen and oxygen atoms in total. The zero-order valence-corrected chi connectivity index (χ0v) is 21.0. The van der Waals surface area contributed by atoms with Crippen LogP contribution in [0, 0.1) is 0 Å². The lowest BCUT2D eigenvalue weighted by Gasteiger charge is -2.17. The first kappa shape index (κ1) is 24.2. The number of fused-ring (bicyclic) bond motifs is 4. The van der Waals surface area contributed by atoms with E-state index < -0.39 is 15.5 Å². The van der Waals surface area contributed by atoms with Gasteiger partial charge in [0.1, 0.15) is 0 Å². The van der Waals surface area contributed by atoms with Gasteiger partial charge in [-0.3, -0.25) is 9.59 Å². The fraction of sp³-hybridized carbons (Fsp3) is 0.259. The van der Waals surface area contributed by atoms with Gasteiger partial charge in [0, 0.05) is 28.2 Å². The first-order valence-electron chi connectivity index (χ1n) is 12.1. The molecule has 0 unspecified atom stereocenters. The highest BCUT2D eigenvalue weighted by Gasteiger charge is 2.21. The molecule has 2 heterocycles. The second-order valence-corrected chi connectivity index (χ2v) is 10.6. The van der Waals surface area contributed by atoms with Crippen LogP contribution in [0.4, 0.5) is 0 Å². The lowest BCUT2D eigenvalue weighted by molar-refractivity contribution is 0.300. The summed E-state index contributed by atoms with van der Waals surface area (Å²) in [6.45, 7) is 7.02. The standard InChI is InChI=1S/C27H28N4O4S/c1-3-31(4-2)14-8-13-28-36(34,35)24-12-7-11-21-25(24)27(33)19-16-22-18(15-23(19)30-21)26(32)17-9-5-6-10-20(17)29-22/h5-7,9-12,15-16,28H,3-4,8,13-14H2,1-2H3,(H,29,32)(H,30,33). The van der Waals surface area contributed by atoms with Crippen molar-refractivity contribution in [2.45, 2.75) is 25.2 Å². The van der Waals surface area contributed by atoms with E-state index in [0.29, 0.717) is 44.6 Å². The Balaban J connectivity index is 1.62. The second-order valence-electron chi connectivity index (χ2n) is 8.85. The number of rotatable bonds is 8. The van der Waals surface area contributed by atoms with Crippen LogP contribution in [0.15, 0.2) is 69.1 Å². The monoisotopic (exact) mass is 504 g/mol. The maximum atomic E-state index is 13.6. The van der Waals surface area contributed by atoms with Gasteiger partial charge in [0.05, 0.1) is 26.8 Å². The Morgan fingerprint density at radius 3 is 2.14 bits per heavy atom. The summed E-state index contributed by atoms with van der Waals surface area (Å²) < 4.78 is 29.0. The second kappa shape index (κ2) is 9.50. The summed E-state index contributed by atoms with van der Waals surface area (Å²) in [5, 5.41) is 1.43. The fourth-order valence-electron chi connectivity index (χ4n) is 4.76. The highest BCUT2D eigenvalue weighted by molar-refractivity contribution is 7.89. The van der Waals surface area contributed by atoms with Crippen molar-refractivity contribution in [1.82, 2.24) is 19.6 Å². The first-order valence-corrected chi connectivity index (χ1v) is 13.6. The Bertz CT molecular complexity index is 1840. The van der Waals surface area contributed by atoms with Gasteiger partial charge in [0.2, 0.25) is 10.0 Å². The van der Waals surface area contributed by atoms with Crippen LogP contribution in [0.2, 0.25) is 0 Å². The van der Waals surface area contributed by atoms with Crippen LogP contribution in [0.25, 0.3) is 43.6 Å². The molecule has 3 aromatic carbocycles. The van der Waals surface area contributed by atoms with E-state index in [1.165, 1.54) is 6.07 Å². The lowest BCUT2D eigenvalue weighted by Crippen LogP contribution is -2.30. The normalized spacial score (nSPS) is 12.4. The van der Waals surface area contributed by atoms with Gasteiger partial charge in [-0.1, -0.05) is 32.0 Å². The van der Waals surface area contributed by atoms with Crippen molar-refractivity contribution in [2.75, 3.05) is 26.2 Å². The number of aromatic amines is 2. The van der Waals surface area contributed by atoms with Gasteiger partial charge in [-0.2, -0.15) is 0 Å². The molecule has 0 saturated heterocycles. The predicted molar refractivity (Wildman–Crippen MR) is 145 cm³/mol. The summed E-state index contributed by atoms with van der Waals surface area (Å²) in [5.41, 5.74) is 1.53. The number of H-pyrrole nitrogens is 2. The molecule has 0 atom stereocenters. The number of pyridine rings is 2. The van der Waals surface area contributed by atoms with Crippen molar-refractivity contribution in [3.63, 3.8) is 0 Å². The quantitative estimate of drug-likeness (QED) is 0.220. The predicted octanol–water partition coefficient (Wildman–Crippen LogP) is 3.69. The van der Waals surface area contributed by atoms with Gasteiger partial charge in [-0.25, -0.2) is 13.1 Å². The minimum Gasteiger partial charge on any atom is -0.354 e. The molecule has 5 rings (SSSR count). The van der Waals surface area contributed by atoms with Crippen LogP contribution < -0.4 is 15.6 Å². The molecule has 9 heteroatoms. The number of para-hydroxylation sites is 1. The van der Waals surface area contributed by atoms with Crippen LogP contribution in [0.1, 0.15) is 20.3 Å². The van der Waals surface area contributed by atoms with Crippen LogP contribution in [-0.2, 0) is 10.0 Å². The Morgan fingerprint density at radius 2 is 1.42 bits per heavy atom. The Kier molecular flexibility index (Phi) is 6.38. The van der Waals surface area contributed by atoms with Crippen LogP contribution in [-0.4, -0.2) is 49.5 Å². The van der Waals surface area contributed by atoms with E-state index in [0.717, 1.165) is 19.6 Å². The number of aromatic nitrogens is 2. The average molecular weight is 505 g/mol. The SMILES string of the molecule is CCN(CC)CCCNS(=O)(=O)c1cccc2[nH]c3cc4c(=O)c5ccccc5[nH]c4cc3c(=O)c12.